The Kier molecular flexibility index (Phi) is 1.99. The standard InChI is InChI=1S/C10H16O/c1-11-10-7-4-8-2-5-9(10)6-3-8/h2,5,8-10H,3-4,6-7H2,1H3/t8-,9+,10-/m1/s1. The van der Waals surface area contributed by atoms with Crippen molar-refractivity contribution < 1.29 is 4.74 Å². The molecule has 1 nitrogen and oxygen atoms in total. The van der Waals surface area contributed by atoms with Crippen LogP contribution < -0.4 is 0 Å². The highest BCUT2D eigenvalue weighted by Crippen LogP contribution is 2.35. The highest BCUT2D eigenvalue weighted by molar-refractivity contribution is 5.03. The predicted octanol–water partition coefficient (Wildman–Crippen LogP) is 2.38. The first-order chi connectivity index (χ1) is 5.40. The number of hydrogen-bond donors (Lipinski definition) is 0. The molecule has 0 N–H and O–H groups in total. The smallest absolute Gasteiger partial charge is 0.0634 e. The molecular formula is C10H16O. The number of ether oxygens (including phenoxy) is 1. The molecule has 3 aliphatic carbocycles. The first kappa shape index (κ1) is 7.35. The molecule has 0 radical (unpaired) electrons. The van der Waals surface area contributed by atoms with Crippen LogP contribution in [0.25, 0.3) is 0 Å². The van der Waals surface area contributed by atoms with Crippen molar-refractivity contribution in [1.29, 1.82) is 0 Å². The summed E-state index contributed by atoms with van der Waals surface area (Å²) in [6.45, 7) is 0. The fourth-order valence-electron chi connectivity index (χ4n) is 2.33. The number of allylic oxidation sites excluding steroid dienone is 1. The van der Waals surface area contributed by atoms with Gasteiger partial charge in [0.05, 0.1) is 6.10 Å². The monoisotopic (exact) mass is 152 g/mol. The molecule has 0 heterocycles. The maximum atomic E-state index is 5.45. The fourth-order valence-corrected chi connectivity index (χ4v) is 2.33. The van der Waals surface area contributed by atoms with Crippen molar-refractivity contribution in [2.75, 3.05) is 7.11 Å². The highest BCUT2D eigenvalue weighted by Gasteiger charge is 2.27. The Morgan fingerprint density at radius 2 is 1.91 bits per heavy atom. The Bertz CT molecular complexity index is 162. The normalized spacial score (nSPS) is 42.5. The van der Waals surface area contributed by atoms with Gasteiger partial charge in [-0.3, -0.25) is 0 Å². The Labute approximate surface area is 68.4 Å². The molecule has 2 bridgehead atoms. The van der Waals surface area contributed by atoms with Gasteiger partial charge in [0.2, 0.25) is 0 Å². The van der Waals surface area contributed by atoms with E-state index in [0.29, 0.717) is 6.10 Å². The van der Waals surface area contributed by atoms with E-state index >= 15 is 0 Å². The van der Waals surface area contributed by atoms with E-state index in [1.165, 1.54) is 25.7 Å². The molecule has 0 aromatic rings. The largest absolute Gasteiger partial charge is 0.381 e. The van der Waals surface area contributed by atoms with Crippen LogP contribution in [0.1, 0.15) is 25.7 Å². The lowest BCUT2D eigenvalue weighted by atomic mass is 9.90. The van der Waals surface area contributed by atoms with Crippen LogP contribution in [0.15, 0.2) is 12.2 Å². The molecule has 0 aromatic heterocycles. The summed E-state index contributed by atoms with van der Waals surface area (Å²) in [6.07, 6.45) is 10.6. The zero-order valence-corrected chi connectivity index (χ0v) is 7.12. The van der Waals surface area contributed by atoms with Crippen LogP contribution in [0.3, 0.4) is 0 Å². The molecule has 1 fully saturated rings. The quantitative estimate of drug-likeness (QED) is 0.524. The van der Waals surface area contributed by atoms with Crippen molar-refractivity contribution in [3.8, 4) is 0 Å². The molecule has 1 saturated carbocycles. The Balaban J connectivity index is 2.11. The molecule has 3 atom stereocenters. The summed E-state index contributed by atoms with van der Waals surface area (Å²) in [5.41, 5.74) is 0. The van der Waals surface area contributed by atoms with Crippen LogP contribution in [-0.4, -0.2) is 13.2 Å². The van der Waals surface area contributed by atoms with Crippen molar-refractivity contribution in [2.45, 2.75) is 31.8 Å². The van der Waals surface area contributed by atoms with E-state index < -0.39 is 0 Å². The Morgan fingerprint density at radius 1 is 1.09 bits per heavy atom. The number of methoxy groups -OCH3 is 1. The van der Waals surface area contributed by atoms with Gasteiger partial charge in [-0.1, -0.05) is 12.2 Å². The van der Waals surface area contributed by atoms with E-state index in [-0.39, 0.29) is 0 Å². The van der Waals surface area contributed by atoms with Crippen molar-refractivity contribution in [1.82, 2.24) is 0 Å². The second-order valence-electron chi connectivity index (χ2n) is 3.74. The maximum absolute atomic E-state index is 5.45. The van der Waals surface area contributed by atoms with E-state index in [0.717, 1.165) is 11.8 Å². The van der Waals surface area contributed by atoms with Crippen LogP contribution >= 0.6 is 0 Å². The van der Waals surface area contributed by atoms with Gasteiger partial charge in [0, 0.05) is 13.0 Å². The van der Waals surface area contributed by atoms with Crippen LogP contribution in [0.5, 0.6) is 0 Å². The Morgan fingerprint density at radius 3 is 2.55 bits per heavy atom. The molecular weight excluding hydrogens is 136 g/mol. The number of rotatable bonds is 1. The van der Waals surface area contributed by atoms with Crippen LogP contribution in [-0.2, 0) is 4.74 Å². The van der Waals surface area contributed by atoms with E-state index in [1.54, 1.807) is 0 Å². The van der Waals surface area contributed by atoms with Gasteiger partial charge in [0.25, 0.3) is 0 Å². The summed E-state index contributed by atoms with van der Waals surface area (Å²) in [6, 6.07) is 0. The summed E-state index contributed by atoms with van der Waals surface area (Å²) in [4.78, 5) is 0. The first-order valence-electron chi connectivity index (χ1n) is 4.61. The van der Waals surface area contributed by atoms with Gasteiger partial charge in [-0.15, -0.1) is 0 Å². The lowest BCUT2D eigenvalue weighted by molar-refractivity contribution is 0.0642. The highest BCUT2D eigenvalue weighted by atomic mass is 16.5. The summed E-state index contributed by atoms with van der Waals surface area (Å²) in [5.74, 6) is 1.59. The van der Waals surface area contributed by atoms with Gasteiger partial charge in [-0.05, 0) is 31.6 Å². The molecule has 0 aliphatic heterocycles. The minimum Gasteiger partial charge on any atom is -0.381 e. The van der Waals surface area contributed by atoms with E-state index in [9.17, 15) is 0 Å². The van der Waals surface area contributed by atoms with Gasteiger partial charge in [0.15, 0.2) is 0 Å². The minimum absolute atomic E-state index is 0.513. The zero-order valence-electron chi connectivity index (χ0n) is 7.12. The molecule has 3 aliphatic rings. The van der Waals surface area contributed by atoms with Gasteiger partial charge >= 0.3 is 0 Å². The molecule has 0 saturated heterocycles. The second kappa shape index (κ2) is 2.98. The molecule has 11 heavy (non-hydrogen) atoms. The summed E-state index contributed by atoms with van der Waals surface area (Å²) >= 11 is 0. The summed E-state index contributed by atoms with van der Waals surface area (Å²) in [5, 5.41) is 0. The van der Waals surface area contributed by atoms with Gasteiger partial charge in [-0.2, -0.15) is 0 Å². The lowest BCUT2D eigenvalue weighted by Gasteiger charge is -2.21. The van der Waals surface area contributed by atoms with Crippen LogP contribution in [0.4, 0.5) is 0 Å². The van der Waals surface area contributed by atoms with Crippen molar-refractivity contribution in [3.63, 3.8) is 0 Å². The third kappa shape index (κ3) is 1.34. The average Bonchev–Trinajstić information content (AvgIpc) is 2.36. The molecule has 0 spiro atoms. The second-order valence-corrected chi connectivity index (χ2v) is 3.74. The summed E-state index contributed by atoms with van der Waals surface area (Å²) < 4.78 is 5.45. The molecule has 3 rings (SSSR count). The molecule has 0 aromatic carbocycles. The van der Waals surface area contributed by atoms with E-state index in [2.05, 4.69) is 12.2 Å². The van der Waals surface area contributed by atoms with Gasteiger partial charge in [0.1, 0.15) is 0 Å². The van der Waals surface area contributed by atoms with Crippen molar-refractivity contribution in [3.05, 3.63) is 12.2 Å². The number of fused-ring (bicyclic) bond motifs is 3. The topological polar surface area (TPSA) is 9.23 Å². The molecule has 0 amide bonds. The first-order valence-corrected chi connectivity index (χ1v) is 4.61. The molecule has 1 heteroatoms. The van der Waals surface area contributed by atoms with Crippen LogP contribution in [0.2, 0.25) is 0 Å². The Hall–Kier alpha value is -0.300. The predicted molar refractivity (Wildman–Crippen MR) is 45.4 cm³/mol. The molecule has 62 valence electrons. The van der Waals surface area contributed by atoms with Crippen molar-refractivity contribution in [2.24, 2.45) is 11.8 Å². The minimum atomic E-state index is 0.513. The van der Waals surface area contributed by atoms with Gasteiger partial charge in [-0.25, -0.2) is 0 Å². The van der Waals surface area contributed by atoms with E-state index in [1.807, 2.05) is 7.11 Å². The average molecular weight is 152 g/mol. The van der Waals surface area contributed by atoms with Crippen molar-refractivity contribution >= 4 is 0 Å². The van der Waals surface area contributed by atoms with Crippen LogP contribution in [0, 0.1) is 11.8 Å². The van der Waals surface area contributed by atoms with E-state index in [4.69, 9.17) is 4.74 Å². The zero-order chi connectivity index (χ0) is 7.68. The lowest BCUT2D eigenvalue weighted by Crippen LogP contribution is -2.19. The molecule has 0 unspecified atom stereocenters. The SMILES string of the molecule is CO[C@@H]1CC[C@@H]2C=C[C@H]1CC2. The third-order valence-corrected chi connectivity index (χ3v) is 3.10. The fraction of sp³-hybridized carbons (Fsp3) is 0.800. The third-order valence-electron chi connectivity index (χ3n) is 3.10. The van der Waals surface area contributed by atoms with Gasteiger partial charge < -0.3 is 4.74 Å². The maximum Gasteiger partial charge on any atom is 0.0634 e. The number of hydrogen-bond acceptors (Lipinski definition) is 1. The summed E-state index contributed by atoms with van der Waals surface area (Å²) in [7, 11) is 1.84.